The number of aliphatic hydroxyl groups is 1. The Morgan fingerprint density at radius 1 is 1.03 bits per heavy atom. The van der Waals surface area contributed by atoms with Crippen LogP contribution in [-0.4, -0.2) is 15.9 Å². The zero-order valence-corrected chi connectivity index (χ0v) is 18.5. The van der Waals surface area contributed by atoms with Gasteiger partial charge < -0.3 is 9.52 Å². The minimum absolute atomic E-state index is 0. The molecule has 31 heavy (non-hydrogen) atoms. The molecule has 0 atom stereocenters. The number of carbonyl (C=O) groups excluding carboxylic acids is 1. The van der Waals surface area contributed by atoms with Gasteiger partial charge in [-0.05, 0) is 28.7 Å². The maximum absolute atomic E-state index is 10.0. The molecule has 3 aromatic carbocycles. The van der Waals surface area contributed by atoms with E-state index < -0.39 is 72.5 Å². The summed E-state index contributed by atoms with van der Waals surface area (Å²) < 4.78 is 104. The third-order valence-corrected chi connectivity index (χ3v) is 3.84. The number of rotatable bonds is 2. The van der Waals surface area contributed by atoms with Crippen LogP contribution in [0.4, 0.5) is 0 Å². The molecule has 0 saturated carbocycles. The van der Waals surface area contributed by atoms with E-state index in [1.165, 1.54) is 19.9 Å². The van der Waals surface area contributed by atoms with E-state index in [1.54, 1.807) is 0 Å². The molecule has 5 heteroatoms. The first-order valence-corrected chi connectivity index (χ1v) is 8.61. The number of nitrogens with zero attached hydrogens (tertiary/aromatic N) is 1. The van der Waals surface area contributed by atoms with Crippen molar-refractivity contribution in [1.82, 2.24) is 4.98 Å². The Morgan fingerprint density at radius 2 is 1.71 bits per heavy atom. The van der Waals surface area contributed by atoms with Crippen LogP contribution in [0.2, 0.25) is 0 Å². The molecule has 1 N–H and O–H groups in total. The van der Waals surface area contributed by atoms with Crippen molar-refractivity contribution < 1.29 is 50.9 Å². The minimum Gasteiger partial charge on any atom is -0.512 e. The van der Waals surface area contributed by atoms with E-state index >= 15 is 0 Å². The van der Waals surface area contributed by atoms with Crippen molar-refractivity contribution in [3.05, 3.63) is 90.4 Å². The van der Waals surface area contributed by atoms with Crippen molar-refractivity contribution in [3.8, 4) is 11.3 Å². The third kappa shape index (κ3) is 4.74. The number of allylic oxidation sites excluding steroid dienone is 2. The predicted molar refractivity (Wildman–Crippen MR) is 120 cm³/mol. The number of hydrogen-bond donors (Lipinski definition) is 1. The van der Waals surface area contributed by atoms with E-state index in [0.29, 0.717) is 0 Å². The minimum atomic E-state index is -0.589. The number of pyridine rings is 1. The number of aromatic nitrogens is 1. The molecule has 0 spiro atoms. The van der Waals surface area contributed by atoms with E-state index in [1.807, 2.05) is 0 Å². The smallest absolute Gasteiger partial charge is 0.155 e. The number of ketones is 1. The number of furan rings is 1. The summed E-state index contributed by atoms with van der Waals surface area (Å²) >= 11 is 0. The number of benzene rings is 3. The van der Waals surface area contributed by atoms with Gasteiger partial charge in [0.1, 0.15) is 11.2 Å². The molecule has 0 unspecified atom stereocenters. The van der Waals surface area contributed by atoms with Gasteiger partial charge in [0, 0.05) is 50.8 Å². The summed E-state index contributed by atoms with van der Waals surface area (Å²) in [5, 5.41) is 8.02. The third-order valence-electron chi connectivity index (χ3n) is 3.84. The summed E-state index contributed by atoms with van der Waals surface area (Å²) in [4.78, 5) is 14.3. The van der Waals surface area contributed by atoms with Crippen molar-refractivity contribution >= 4 is 38.6 Å². The number of para-hydroxylation sites is 2. The van der Waals surface area contributed by atoms with E-state index in [2.05, 4.69) is 11.1 Å². The first kappa shape index (κ1) is 11.4. The quantitative estimate of drug-likeness (QED) is 0.141. The second-order valence-corrected chi connectivity index (χ2v) is 6.09. The fourth-order valence-electron chi connectivity index (χ4n) is 2.79. The van der Waals surface area contributed by atoms with Gasteiger partial charge in [0.05, 0.1) is 22.2 Å². The van der Waals surface area contributed by atoms with Gasteiger partial charge >= 0.3 is 0 Å². The summed E-state index contributed by atoms with van der Waals surface area (Å²) in [6, 6.07) is -4.02. The van der Waals surface area contributed by atoms with Crippen molar-refractivity contribution in [1.29, 1.82) is 0 Å². The van der Waals surface area contributed by atoms with E-state index in [-0.39, 0.29) is 75.7 Å². The molecule has 2 aromatic heterocycles. The normalized spacial score (nSPS) is 16.5. The van der Waals surface area contributed by atoms with Crippen LogP contribution in [-0.2, 0) is 24.9 Å². The molecule has 0 bridgehead atoms. The molecule has 0 fully saturated rings. The Balaban J connectivity index is 0.000000567. The Bertz CT molecular complexity index is 2020. The van der Waals surface area contributed by atoms with Gasteiger partial charge in [-0.1, -0.05) is 36.3 Å². The van der Waals surface area contributed by atoms with E-state index in [0.717, 1.165) is 0 Å². The fourth-order valence-corrected chi connectivity index (χ4v) is 2.79. The maximum atomic E-state index is 10.0. The molecule has 4 nitrogen and oxygen atoms in total. The fraction of sp³-hybridized carbons (Fsp3) is 0.0769. The van der Waals surface area contributed by atoms with Crippen molar-refractivity contribution in [3.63, 3.8) is 0 Å². The van der Waals surface area contributed by atoms with Gasteiger partial charge in [0.2, 0.25) is 0 Å². The summed E-state index contributed by atoms with van der Waals surface area (Å²) in [7, 11) is 0. The number of fused-ring (bicyclic) bond motifs is 5. The Hall–Kier alpha value is -3.27. The molecule has 0 amide bonds. The van der Waals surface area contributed by atoms with Crippen molar-refractivity contribution in [2.75, 3.05) is 0 Å². The topological polar surface area (TPSA) is 63.3 Å². The number of hydrogen-bond acceptors (Lipinski definition) is 4. The second kappa shape index (κ2) is 9.69. The Morgan fingerprint density at radius 3 is 2.42 bits per heavy atom. The first-order chi connectivity index (χ1) is 19.5. The average Bonchev–Trinajstić information content (AvgIpc) is 3.33. The SMILES string of the molecule is CC(=O)/C=C(/C)O.[2H]c1[c-]c(-c2nc3c([2H])c([2H])c([2H])c([2H])c3c3c2oc2c([2H])c([2H])c([2H])c([2H])c23)c([2H])c([2H])c1[2H].[Ir]. The van der Waals surface area contributed by atoms with Crippen LogP contribution >= 0.6 is 0 Å². The zero-order valence-electron chi connectivity index (χ0n) is 28.1. The Kier molecular flexibility index (Phi) is 3.56. The molecule has 5 aromatic rings. The predicted octanol–water partition coefficient (Wildman–Crippen LogP) is 6.64. The molecule has 0 aliphatic carbocycles. The van der Waals surface area contributed by atoms with Gasteiger partial charge in [0.15, 0.2) is 5.78 Å². The second-order valence-electron chi connectivity index (χ2n) is 6.09. The number of aliphatic hydroxyl groups excluding tert-OH is 1. The van der Waals surface area contributed by atoms with Gasteiger partial charge in [-0.2, -0.15) is 0 Å². The summed E-state index contributed by atoms with van der Waals surface area (Å²) in [5.74, 6) is -0.0625. The molecule has 2 heterocycles. The van der Waals surface area contributed by atoms with Gasteiger partial charge in [-0.25, -0.2) is 0 Å². The Labute approximate surface area is 210 Å². The summed E-state index contributed by atoms with van der Waals surface area (Å²) in [5.41, 5.74) is -1.24. The van der Waals surface area contributed by atoms with Crippen molar-refractivity contribution in [2.45, 2.75) is 13.8 Å². The molecule has 1 radical (unpaired) electrons. The van der Waals surface area contributed by atoms with Gasteiger partial charge in [-0.3, -0.25) is 9.78 Å². The molecular formula is C26H20IrNO3-. The van der Waals surface area contributed by atoms with E-state index in [4.69, 9.17) is 26.0 Å². The molecule has 0 saturated heterocycles. The average molecular weight is 599 g/mol. The van der Waals surface area contributed by atoms with Gasteiger partial charge in [-0.15, -0.1) is 35.8 Å². The molecule has 0 aliphatic rings. The largest absolute Gasteiger partial charge is 0.512 e. The zero-order chi connectivity index (χ0) is 31.5. The molecule has 157 valence electrons. The monoisotopic (exact) mass is 599 g/mol. The first-order valence-electron chi connectivity index (χ1n) is 14.6. The van der Waals surface area contributed by atoms with Crippen molar-refractivity contribution in [2.24, 2.45) is 0 Å². The van der Waals surface area contributed by atoms with Crippen LogP contribution in [0.1, 0.15) is 30.3 Å². The van der Waals surface area contributed by atoms with E-state index in [9.17, 15) is 4.79 Å². The van der Waals surface area contributed by atoms with Gasteiger partial charge in [0.25, 0.3) is 0 Å². The molecule has 0 aliphatic heterocycles. The summed E-state index contributed by atoms with van der Waals surface area (Å²) in [6.07, 6.45) is 1.17. The standard InChI is InChI=1S/C21H12NO.C5H8O2.Ir/c1-2-8-14(9-3-1)20-21-19(15-10-4-6-12-17(15)22-20)16-11-5-7-13-18(16)23-21;1-4(6)3-5(2)7;/h1-8,10-13H;3,6H,1-2H3;/q-1;;/b;4-3-;/i1D,2D,3D,4D,5D,6D,7D,8D,10D,11D,12D,13D;;. The number of carbonyl (C=O) groups is 1. The van der Waals surface area contributed by atoms with Crippen LogP contribution in [0, 0.1) is 6.07 Å². The van der Waals surface area contributed by atoms with Crippen LogP contribution in [0.15, 0.2) is 88.8 Å². The van der Waals surface area contributed by atoms with Crippen LogP contribution < -0.4 is 0 Å². The molecule has 5 rings (SSSR count). The van der Waals surface area contributed by atoms with Crippen LogP contribution in [0.3, 0.4) is 0 Å². The summed E-state index contributed by atoms with van der Waals surface area (Å²) in [6.45, 7) is 2.85. The van der Waals surface area contributed by atoms with Crippen LogP contribution in [0.25, 0.3) is 44.1 Å². The van der Waals surface area contributed by atoms with Crippen LogP contribution in [0.5, 0.6) is 0 Å². The maximum Gasteiger partial charge on any atom is 0.155 e. The molecular weight excluding hydrogens is 567 g/mol.